The molecular weight excluding hydrogens is 677 g/mol. The largest absolute Gasteiger partial charge is 0.395 e. The number of aliphatic hydroxyl groups excluding tert-OH is 1. The number of hydroxylamine groups is 2. The summed E-state index contributed by atoms with van der Waals surface area (Å²) in [5.74, 6) is -0.0233. The molecule has 0 amide bonds. The van der Waals surface area contributed by atoms with Crippen LogP contribution in [0.2, 0.25) is 0 Å². The molecule has 0 aromatic heterocycles. The minimum Gasteiger partial charge on any atom is -0.395 e. The molecule has 0 saturated heterocycles. The molecule has 0 aromatic rings. The van der Waals surface area contributed by atoms with Gasteiger partial charge in [-0.25, -0.2) is 0 Å². The van der Waals surface area contributed by atoms with Crippen molar-refractivity contribution >= 4 is 5.97 Å². The van der Waals surface area contributed by atoms with Crippen LogP contribution in [0.3, 0.4) is 0 Å². The van der Waals surface area contributed by atoms with Gasteiger partial charge in [0.1, 0.15) is 0 Å². The fourth-order valence-electron chi connectivity index (χ4n) is 7.79. The first-order valence-electron chi connectivity index (χ1n) is 25.1. The summed E-state index contributed by atoms with van der Waals surface area (Å²) in [5.41, 5.74) is 0. The number of unbranched alkanes of at least 4 members (excludes halogenated alkanes) is 32. The maximum atomic E-state index is 12.8. The zero-order valence-electron chi connectivity index (χ0n) is 37.9. The van der Waals surface area contributed by atoms with Crippen LogP contribution < -0.4 is 0 Å². The molecule has 0 aliphatic heterocycles. The average Bonchev–Trinajstić information content (AvgIpc) is 3.18. The van der Waals surface area contributed by atoms with Crippen molar-refractivity contribution in [2.45, 2.75) is 265 Å². The number of carbonyl (C=O) groups is 1. The SMILES string of the molecule is CCCCCCCC/C=C\CCCCCCCCN(CCO)CCCCCCCCCC(=O)ON(CCCCCCCCCC)CCCCCCCCCC. The van der Waals surface area contributed by atoms with Gasteiger partial charge in [0.15, 0.2) is 0 Å². The van der Waals surface area contributed by atoms with Gasteiger partial charge in [0.05, 0.1) is 6.61 Å². The molecular formula is C50H100N2O3. The van der Waals surface area contributed by atoms with Gasteiger partial charge in [-0.1, -0.05) is 213 Å². The van der Waals surface area contributed by atoms with Crippen LogP contribution in [0, 0.1) is 0 Å². The average molecular weight is 777 g/mol. The van der Waals surface area contributed by atoms with E-state index in [1.54, 1.807) is 0 Å². The first kappa shape index (κ1) is 54.1. The van der Waals surface area contributed by atoms with Gasteiger partial charge in [0, 0.05) is 26.1 Å². The molecule has 5 nitrogen and oxygen atoms in total. The van der Waals surface area contributed by atoms with Crippen LogP contribution in [0.15, 0.2) is 12.2 Å². The van der Waals surface area contributed by atoms with E-state index in [-0.39, 0.29) is 12.6 Å². The Hall–Kier alpha value is -0.910. The highest BCUT2D eigenvalue weighted by atomic mass is 16.7. The smallest absolute Gasteiger partial charge is 0.325 e. The lowest BCUT2D eigenvalue weighted by Gasteiger charge is -2.21. The Labute approximate surface area is 345 Å². The number of rotatable bonds is 47. The zero-order valence-corrected chi connectivity index (χ0v) is 37.9. The summed E-state index contributed by atoms with van der Waals surface area (Å²) in [6.45, 7) is 12.0. The maximum absolute atomic E-state index is 12.8. The number of nitrogens with zero attached hydrogens (tertiary/aromatic N) is 2. The van der Waals surface area contributed by atoms with Crippen LogP contribution in [0.25, 0.3) is 0 Å². The molecule has 328 valence electrons. The third kappa shape index (κ3) is 44.0. The zero-order chi connectivity index (χ0) is 40.0. The van der Waals surface area contributed by atoms with Crippen molar-refractivity contribution in [2.24, 2.45) is 0 Å². The Morgan fingerprint density at radius 3 is 1.07 bits per heavy atom. The van der Waals surface area contributed by atoms with E-state index in [1.165, 1.54) is 212 Å². The van der Waals surface area contributed by atoms with Crippen LogP contribution in [-0.4, -0.2) is 60.4 Å². The van der Waals surface area contributed by atoms with E-state index in [2.05, 4.69) is 37.8 Å². The van der Waals surface area contributed by atoms with Crippen LogP contribution >= 0.6 is 0 Å². The van der Waals surface area contributed by atoms with Gasteiger partial charge in [-0.15, -0.1) is 5.06 Å². The van der Waals surface area contributed by atoms with Crippen molar-refractivity contribution in [1.29, 1.82) is 0 Å². The fourth-order valence-corrected chi connectivity index (χ4v) is 7.79. The second-order valence-corrected chi connectivity index (χ2v) is 17.1. The van der Waals surface area contributed by atoms with Crippen LogP contribution in [-0.2, 0) is 9.63 Å². The molecule has 0 aliphatic carbocycles. The third-order valence-corrected chi connectivity index (χ3v) is 11.5. The van der Waals surface area contributed by atoms with E-state index < -0.39 is 0 Å². The van der Waals surface area contributed by atoms with Gasteiger partial charge in [-0.2, -0.15) is 0 Å². The molecule has 55 heavy (non-hydrogen) atoms. The molecule has 0 heterocycles. The van der Waals surface area contributed by atoms with Crippen molar-refractivity contribution in [3.63, 3.8) is 0 Å². The van der Waals surface area contributed by atoms with Crippen LogP contribution in [0.5, 0.6) is 0 Å². The summed E-state index contributed by atoms with van der Waals surface area (Å²) in [6, 6.07) is 0. The molecule has 0 atom stereocenters. The summed E-state index contributed by atoms with van der Waals surface area (Å²) in [6.07, 6.45) is 53.5. The topological polar surface area (TPSA) is 53.0 Å². The Kier molecular flexibility index (Phi) is 46.7. The van der Waals surface area contributed by atoms with E-state index in [4.69, 9.17) is 4.84 Å². The molecule has 0 bridgehead atoms. The van der Waals surface area contributed by atoms with E-state index in [1.807, 2.05) is 5.06 Å². The molecule has 0 spiro atoms. The van der Waals surface area contributed by atoms with E-state index in [9.17, 15) is 9.90 Å². The quantitative estimate of drug-likeness (QED) is 0.0379. The first-order valence-corrected chi connectivity index (χ1v) is 25.1. The van der Waals surface area contributed by atoms with Crippen molar-refractivity contribution < 1.29 is 14.7 Å². The molecule has 0 aliphatic rings. The van der Waals surface area contributed by atoms with Crippen molar-refractivity contribution in [3.05, 3.63) is 12.2 Å². The summed E-state index contributed by atoms with van der Waals surface area (Å²) in [4.78, 5) is 21.2. The normalized spacial score (nSPS) is 11.9. The number of hydrogen-bond acceptors (Lipinski definition) is 5. The Morgan fingerprint density at radius 2 is 0.709 bits per heavy atom. The minimum absolute atomic E-state index is 0.0233. The summed E-state index contributed by atoms with van der Waals surface area (Å²) in [7, 11) is 0. The maximum Gasteiger partial charge on any atom is 0.325 e. The Morgan fingerprint density at radius 1 is 0.400 bits per heavy atom. The third-order valence-electron chi connectivity index (χ3n) is 11.5. The highest BCUT2D eigenvalue weighted by Crippen LogP contribution is 2.15. The molecule has 0 unspecified atom stereocenters. The van der Waals surface area contributed by atoms with Crippen molar-refractivity contribution in [2.75, 3.05) is 39.3 Å². The van der Waals surface area contributed by atoms with Gasteiger partial charge < -0.3 is 14.8 Å². The number of hydrogen-bond donors (Lipinski definition) is 1. The molecule has 1 N–H and O–H groups in total. The minimum atomic E-state index is -0.0233. The van der Waals surface area contributed by atoms with Gasteiger partial charge >= 0.3 is 5.97 Å². The lowest BCUT2D eigenvalue weighted by atomic mass is 10.1. The molecule has 0 aromatic carbocycles. The number of carbonyl (C=O) groups excluding carboxylic acids is 1. The number of allylic oxidation sites excluding steroid dienone is 2. The lowest BCUT2D eigenvalue weighted by molar-refractivity contribution is -0.191. The molecule has 0 saturated carbocycles. The molecule has 5 heteroatoms. The van der Waals surface area contributed by atoms with E-state index in [0.29, 0.717) is 6.42 Å². The predicted octanol–water partition coefficient (Wildman–Crippen LogP) is 15.5. The highest BCUT2D eigenvalue weighted by molar-refractivity contribution is 5.68. The molecule has 0 radical (unpaired) electrons. The van der Waals surface area contributed by atoms with Gasteiger partial charge in [-0.3, -0.25) is 4.79 Å². The first-order chi connectivity index (χ1) is 27.2. The molecule has 0 rings (SSSR count). The Balaban J connectivity index is 3.94. The van der Waals surface area contributed by atoms with E-state index >= 15 is 0 Å². The van der Waals surface area contributed by atoms with Gasteiger partial charge in [0.2, 0.25) is 0 Å². The predicted molar refractivity (Wildman–Crippen MR) is 243 cm³/mol. The van der Waals surface area contributed by atoms with Crippen LogP contribution in [0.4, 0.5) is 0 Å². The standard InChI is InChI=1S/C50H100N2O3/c1-4-7-10-13-16-19-20-21-22-23-24-25-26-29-34-39-44-51(48-49-53)45-40-35-30-27-28-33-38-43-50(54)55-52(46-41-36-31-17-14-11-8-5-2)47-42-37-32-18-15-12-9-6-3/h21-22,53H,4-20,23-49H2,1-3H3/b22-21-. The summed E-state index contributed by atoms with van der Waals surface area (Å²) in [5, 5.41) is 11.6. The Bertz CT molecular complexity index is 739. The lowest BCUT2D eigenvalue weighted by Crippen LogP contribution is -2.29. The van der Waals surface area contributed by atoms with E-state index in [0.717, 1.165) is 58.4 Å². The van der Waals surface area contributed by atoms with Gasteiger partial charge in [0.25, 0.3) is 0 Å². The van der Waals surface area contributed by atoms with Crippen molar-refractivity contribution in [1.82, 2.24) is 9.96 Å². The second kappa shape index (κ2) is 47.5. The summed E-state index contributed by atoms with van der Waals surface area (Å²) < 4.78 is 0. The second-order valence-electron chi connectivity index (χ2n) is 17.1. The van der Waals surface area contributed by atoms with Crippen molar-refractivity contribution in [3.8, 4) is 0 Å². The summed E-state index contributed by atoms with van der Waals surface area (Å²) >= 11 is 0. The van der Waals surface area contributed by atoms with Gasteiger partial charge in [-0.05, 0) is 70.9 Å². The molecule has 0 fully saturated rings. The highest BCUT2D eigenvalue weighted by Gasteiger charge is 2.12. The monoisotopic (exact) mass is 777 g/mol. The number of aliphatic hydroxyl groups is 1. The van der Waals surface area contributed by atoms with Crippen LogP contribution in [0.1, 0.15) is 265 Å². The fraction of sp³-hybridized carbons (Fsp3) is 0.940.